The molecule has 0 bridgehead atoms. The van der Waals surface area contributed by atoms with E-state index in [1.54, 1.807) is 14.0 Å². The van der Waals surface area contributed by atoms with Gasteiger partial charge in [-0.25, -0.2) is 0 Å². The van der Waals surface area contributed by atoms with Crippen LogP contribution in [0.5, 0.6) is 5.75 Å². The van der Waals surface area contributed by atoms with E-state index in [4.69, 9.17) is 10.4 Å². The maximum absolute atomic E-state index is 11.7. The molecule has 1 N–H and O–H groups in total. The van der Waals surface area contributed by atoms with Gasteiger partial charge in [0.15, 0.2) is 0 Å². The Bertz CT molecular complexity index is 392. The lowest BCUT2D eigenvalue weighted by Crippen LogP contribution is -2.33. The van der Waals surface area contributed by atoms with Crippen molar-refractivity contribution in [2.24, 2.45) is 0 Å². The fourth-order valence-corrected chi connectivity index (χ4v) is 1.07. The number of carbonyl (C=O) groups excluding carboxylic acids is 1. The Morgan fingerprint density at radius 1 is 1.47 bits per heavy atom. The Hall–Kier alpha value is -2.02. The van der Waals surface area contributed by atoms with Crippen molar-refractivity contribution in [3.05, 3.63) is 29.8 Å². The summed E-state index contributed by atoms with van der Waals surface area (Å²) in [4.78, 5) is 13.1. The van der Waals surface area contributed by atoms with Crippen LogP contribution in [-0.4, -0.2) is 29.0 Å². The highest BCUT2D eigenvalue weighted by molar-refractivity contribution is 5.94. The zero-order valence-electron chi connectivity index (χ0n) is 8.64. The number of hydrogen-bond donors (Lipinski definition) is 1. The Morgan fingerprint density at radius 3 is 2.47 bits per heavy atom. The van der Waals surface area contributed by atoms with Crippen molar-refractivity contribution in [3.8, 4) is 11.8 Å². The fraction of sp³-hybridized carbons (Fsp3) is 0.273. The van der Waals surface area contributed by atoms with E-state index in [0.717, 1.165) is 0 Å². The standard InChI is InChI=1S/C11H12N2O2/c1-8(7-12)13(2)11(15)9-3-5-10(14)6-4-9/h3-6,8,14H,1-2H3. The lowest BCUT2D eigenvalue weighted by atomic mass is 10.2. The average Bonchev–Trinajstić information content (AvgIpc) is 2.27. The van der Waals surface area contributed by atoms with E-state index >= 15 is 0 Å². The van der Waals surface area contributed by atoms with Gasteiger partial charge in [0.25, 0.3) is 5.91 Å². The number of amides is 1. The number of rotatable bonds is 2. The lowest BCUT2D eigenvalue weighted by Gasteiger charge is -2.19. The van der Waals surface area contributed by atoms with Gasteiger partial charge in [-0.3, -0.25) is 4.79 Å². The maximum atomic E-state index is 11.7. The Kier molecular flexibility index (Phi) is 3.29. The first kappa shape index (κ1) is 11.1. The van der Waals surface area contributed by atoms with Gasteiger partial charge in [-0.2, -0.15) is 5.26 Å². The van der Waals surface area contributed by atoms with Gasteiger partial charge >= 0.3 is 0 Å². The number of hydrogen-bond acceptors (Lipinski definition) is 3. The van der Waals surface area contributed by atoms with Crippen molar-refractivity contribution in [1.82, 2.24) is 4.90 Å². The molecule has 0 fully saturated rings. The van der Waals surface area contributed by atoms with E-state index in [2.05, 4.69) is 0 Å². The predicted molar refractivity (Wildman–Crippen MR) is 55.3 cm³/mol. The first-order valence-corrected chi connectivity index (χ1v) is 4.52. The van der Waals surface area contributed by atoms with Crippen LogP contribution in [0.25, 0.3) is 0 Å². The van der Waals surface area contributed by atoms with Gasteiger partial charge in [0, 0.05) is 12.6 Å². The number of nitriles is 1. The zero-order valence-corrected chi connectivity index (χ0v) is 8.64. The molecule has 1 aromatic rings. The van der Waals surface area contributed by atoms with Crippen molar-refractivity contribution in [3.63, 3.8) is 0 Å². The first-order valence-electron chi connectivity index (χ1n) is 4.52. The average molecular weight is 204 g/mol. The second-order valence-electron chi connectivity index (χ2n) is 3.27. The highest BCUT2D eigenvalue weighted by Crippen LogP contribution is 2.12. The minimum atomic E-state index is -0.466. The van der Waals surface area contributed by atoms with Crippen LogP contribution in [-0.2, 0) is 0 Å². The molecule has 0 aliphatic carbocycles. The molecular formula is C11H12N2O2. The monoisotopic (exact) mass is 204 g/mol. The molecule has 0 heterocycles. The molecule has 4 nitrogen and oxygen atoms in total. The summed E-state index contributed by atoms with van der Waals surface area (Å²) in [7, 11) is 1.57. The minimum Gasteiger partial charge on any atom is -0.508 e. The Balaban J connectivity index is 2.86. The van der Waals surface area contributed by atoms with Gasteiger partial charge in [0.05, 0.1) is 6.07 Å². The number of carbonyl (C=O) groups is 1. The molecule has 0 saturated heterocycles. The third kappa shape index (κ3) is 2.47. The van der Waals surface area contributed by atoms with Crippen LogP contribution in [0.2, 0.25) is 0 Å². The molecule has 1 rings (SSSR count). The molecule has 4 heteroatoms. The predicted octanol–water partition coefficient (Wildman–Crippen LogP) is 1.38. The van der Waals surface area contributed by atoms with Gasteiger partial charge in [-0.1, -0.05) is 0 Å². The van der Waals surface area contributed by atoms with Gasteiger partial charge in [0.1, 0.15) is 11.8 Å². The number of phenolic OH excluding ortho intramolecular Hbond substituents is 1. The first-order chi connectivity index (χ1) is 7.06. The molecular weight excluding hydrogens is 192 g/mol. The fourth-order valence-electron chi connectivity index (χ4n) is 1.07. The van der Waals surface area contributed by atoms with Crippen molar-refractivity contribution in [2.45, 2.75) is 13.0 Å². The van der Waals surface area contributed by atoms with Gasteiger partial charge in [0.2, 0.25) is 0 Å². The molecule has 0 aliphatic rings. The van der Waals surface area contributed by atoms with Gasteiger partial charge in [-0.15, -0.1) is 0 Å². The molecule has 1 atom stereocenters. The van der Waals surface area contributed by atoms with E-state index in [-0.39, 0.29) is 11.7 Å². The van der Waals surface area contributed by atoms with Gasteiger partial charge in [-0.05, 0) is 31.2 Å². The van der Waals surface area contributed by atoms with E-state index in [1.807, 2.05) is 6.07 Å². The molecule has 0 spiro atoms. The van der Waals surface area contributed by atoms with Crippen LogP contribution in [0.3, 0.4) is 0 Å². The topological polar surface area (TPSA) is 64.3 Å². The summed E-state index contributed by atoms with van der Waals surface area (Å²) in [5.74, 6) is -0.119. The highest BCUT2D eigenvalue weighted by atomic mass is 16.3. The van der Waals surface area contributed by atoms with Crippen LogP contribution in [0.1, 0.15) is 17.3 Å². The molecule has 0 aromatic heterocycles. The third-order valence-corrected chi connectivity index (χ3v) is 2.20. The molecule has 0 saturated carbocycles. The largest absolute Gasteiger partial charge is 0.508 e. The SMILES string of the molecule is CC(C#N)N(C)C(=O)c1ccc(O)cc1. The molecule has 0 radical (unpaired) electrons. The molecule has 78 valence electrons. The van der Waals surface area contributed by atoms with Crippen LogP contribution in [0.15, 0.2) is 24.3 Å². The summed E-state index contributed by atoms with van der Waals surface area (Å²) in [5.41, 5.74) is 0.456. The van der Waals surface area contributed by atoms with Crippen molar-refractivity contribution in [1.29, 1.82) is 5.26 Å². The molecule has 1 amide bonds. The quantitative estimate of drug-likeness (QED) is 0.791. The second kappa shape index (κ2) is 4.47. The second-order valence-corrected chi connectivity index (χ2v) is 3.27. The summed E-state index contributed by atoms with van der Waals surface area (Å²) in [6.45, 7) is 1.65. The van der Waals surface area contributed by atoms with Gasteiger partial charge < -0.3 is 10.0 Å². The van der Waals surface area contributed by atoms with Crippen molar-refractivity contribution in [2.75, 3.05) is 7.05 Å². The van der Waals surface area contributed by atoms with Crippen molar-refractivity contribution < 1.29 is 9.90 Å². The summed E-state index contributed by atoms with van der Waals surface area (Å²) in [6.07, 6.45) is 0. The summed E-state index contributed by atoms with van der Waals surface area (Å²) < 4.78 is 0. The smallest absolute Gasteiger partial charge is 0.254 e. The highest BCUT2D eigenvalue weighted by Gasteiger charge is 2.16. The van der Waals surface area contributed by atoms with E-state index in [9.17, 15) is 4.79 Å². The van der Waals surface area contributed by atoms with E-state index in [0.29, 0.717) is 5.56 Å². The summed E-state index contributed by atoms with van der Waals surface area (Å²) in [6, 6.07) is 7.45. The van der Waals surface area contributed by atoms with E-state index in [1.165, 1.54) is 29.2 Å². The molecule has 1 aromatic carbocycles. The summed E-state index contributed by atoms with van der Waals surface area (Å²) >= 11 is 0. The van der Waals surface area contributed by atoms with Crippen LogP contribution in [0, 0.1) is 11.3 Å². The van der Waals surface area contributed by atoms with Crippen molar-refractivity contribution >= 4 is 5.91 Å². The molecule has 15 heavy (non-hydrogen) atoms. The minimum absolute atomic E-state index is 0.113. The number of aromatic hydroxyl groups is 1. The number of nitrogens with zero attached hydrogens (tertiary/aromatic N) is 2. The lowest BCUT2D eigenvalue weighted by molar-refractivity contribution is 0.0773. The molecule has 1 unspecified atom stereocenters. The van der Waals surface area contributed by atoms with Crippen LogP contribution < -0.4 is 0 Å². The Morgan fingerprint density at radius 2 is 2.00 bits per heavy atom. The van der Waals surface area contributed by atoms with Crippen LogP contribution in [0.4, 0.5) is 0 Å². The Labute approximate surface area is 88.4 Å². The maximum Gasteiger partial charge on any atom is 0.254 e. The van der Waals surface area contributed by atoms with E-state index < -0.39 is 6.04 Å². The summed E-state index contributed by atoms with van der Waals surface area (Å²) in [5, 5.41) is 17.7. The third-order valence-electron chi connectivity index (χ3n) is 2.20. The number of benzene rings is 1. The number of phenols is 1. The molecule has 0 aliphatic heterocycles. The zero-order chi connectivity index (χ0) is 11.4. The normalized spacial score (nSPS) is 11.5. The van der Waals surface area contributed by atoms with Crippen LogP contribution >= 0.6 is 0 Å².